The molecule has 0 fully saturated rings. The molecule has 1 atom stereocenters. The van der Waals surface area contributed by atoms with Crippen LogP contribution in [0.4, 0.5) is 0 Å². The molecule has 2 aromatic heterocycles. The van der Waals surface area contributed by atoms with E-state index in [9.17, 15) is 0 Å². The number of hydrogen-bond donors (Lipinski definition) is 0. The van der Waals surface area contributed by atoms with Gasteiger partial charge in [0.1, 0.15) is 6.33 Å². The Balaban J connectivity index is 1.55. The molecular weight excluding hydrogens is 308 g/mol. The minimum atomic E-state index is 0.471. The first-order valence-corrected chi connectivity index (χ1v) is 8.81. The van der Waals surface area contributed by atoms with Crippen LogP contribution >= 0.6 is 0 Å². The van der Waals surface area contributed by atoms with Crippen LogP contribution in [0.2, 0.25) is 0 Å². The van der Waals surface area contributed by atoms with Crippen molar-refractivity contribution in [3.05, 3.63) is 83.7 Å². The minimum Gasteiger partial charge on any atom is -0.268 e. The highest BCUT2D eigenvalue weighted by Crippen LogP contribution is 2.36. The third-order valence-corrected chi connectivity index (χ3v) is 5.01. The molecule has 4 rings (SSSR count). The normalized spacial score (nSPS) is 17.3. The summed E-state index contributed by atoms with van der Waals surface area (Å²) in [5, 5.41) is 4.29. The van der Waals surface area contributed by atoms with Gasteiger partial charge in [-0.25, -0.2) is 9.97 Å². The van der Waals surface area contributed by atoms with Crippen LogP contribution in [0.1, 0.15) is 47.7 Å². The van der Waals surface area contributed by atoms with Gasteiger partial charge in [-0.05, 0) is 42.0 Å². The average Bonchev–Trinajstić information content (AvgIpc) is 3.09. The van der Waals surface area contributed by atoms with E-state index in [4.69, 9.17) is 0 Å². The summed E-state index contributed by atoms with van der Waals surface area (Å²) >= 11 is 0. The fourth-order valence-electron chi connectivity index (χ4n) is 3.69. The number of benzene rings is 1. The van der Waals surface area contributed by atoms with Gasteiger partial charge in [0.05, 0.1) is 11.4 Å². The number of hydrogen-bond acceptors (Lipinski definition) is 3. The van der Waals surface area contributed by atoms with E-state index in [1.165, 1.54) is 28.1 Å². The quantitative estimate of drug-likeness (QED) is 0.722. The van der Waals surface area contributed by atoms with Crippen molar-refractivity contribution < 1.29 is 0 Å². The van der Waals surface area contributed by atoms with E-state index in [-0.39, 0.29) is 0 Å². The molecule has 0 saturated heterocycles. The Morgan fingerprint density at radius 1 is 1.16 bits per heavy atom. The van der Waals surface area contributed by atoms with E-state index in [0.717, 1.165) is 25.7 Å². The highest BCUT2D eigenvalue weighted by molar-refractivity contribution is 5.63. The number of aryl methyl sites for hydroxylation is 1. The molecule has 2 heterocycles. The Morgan fingerprint density at radius 2 is 2.04 bits per heavy atom. The maximum absolute atomic E-state index is 4.65. The molecule has 3 aromatic rings. The summed E-state index contributed by atoms with van der Waals surface area (Å²) in [5.41, 5.74) is 6.39. The monoisotopic (exact) mass is 330 g/mol. The fraction of sp³-hybridized carbons (Fsp3) is 0.286. The lowest BCUT2D eigenvalue weighted by molar-refractivity contribution is 0.597. The lowest BCUT2D eigenvalue weighted by Gasteiger charge is -2.23. The molecule has 126 valence electrons. The second-order valence-corrected chi connectivity index (χ2v) is 6.64. The Hall–Kier alpha value is -2.75. The lowest BCUT2D eigenvalue weighted by atomic mass is 9.84. The van der Waals surface area contributed by atoms with Crippen molar-refractivity contribution in [2.45, 2.75) is 31.6 Å². The summed E-state index contributed by atoms with van der Waals surface area (Å²) in [5.74, 6) is 0.471. The highest BCUT2D eigenvalue weighted by atomic mass is 15.3. The van der Waals surface area contributed by atoms with Gasteiger partial charge in [-0.2, -0.15) is 5.10 Å². The van der Waals surface area contributed by atoms with E-state index in [1.54, 1.807) is 6.33 Å². The van der Waals surface area contributed by atoms with E-state index < -0.39 is 0 Å². The zero-order chi connectivity index (χ0) is 17.1. The number of rotatable bonds is 4. The van der Waals surface area contributed by atoms with Crippen LogP contribution in [-0.2, 0) is 13.5 Å². The molecule has 0 N–H and O–H groups in total. The van der Waals surface area contributed by atoms with Gasteiger partial charge >= 0.3 is 0 Å². The Kier molecular flexibility index (Phi) is 4.42. The Labute approximate surface area is 148 Å². The van der Waals surface area contributed by atoms with E-state index in [2.05, 4.69) is 57.5 Å². The van der Waals surface area contributed by atoms with Crippen molar-refractivity contribution in [2.24, 2.45) is 7.05 Å². The van der Waals surface area contributed by atoms with Crippen molar-refractivity contribution in [1.82, 2.24) is 19.7 Å². The molecule has 0 aliphatic heterocycles. The molecular formula is C21H22N4. The summed E-state index contributed by atoms with van der Waals surface area (Å²) in [4.78, 5) is 8.91. The largest absolute Gasteiger partial charge is 0.268 e. The Morgan fingerprint density at radius 3 is 2.76 bits per heavy atom. The van der Waals surface area contributed by atoms with Gasteiger partial charge < -0.3 is 0 Å². The highest BCUT2D eigenvalue weighted by Gasteiger charge is 2.22. The predicted molar refractivity (Wildman–Crippen MR) is 99.1 cm³/mol. The summed E-state index contributed by atoms with van der Waals surface area (Å²) in [7, 11) is 2.00. The van der Waals surface area contributed by atoms with Crippen molar-refractivity contribution in [1.29, 1.82) is 0 Å². The van der Waals surface area contributed by atoms with Crippen molar-refractivity contribution >= 4 is 5.57 Å². The van der Waals surface area contributed by atoms with Crippen LogP contribution in [0, 0.1) is 0 Å². The van der Waals surface area contributed by atoms with Gasteiger partial charge in [0, 0.05) is 31.8 Å². The zero-order valence-corrected chi connectivity index (χ0v) is 14.5. The first-order valence-electron chi connectivity index (χ1n) is 8.81. The van der Waals surface area contributed by atoms with Crippen molar-refractivity contribution in [3.63, 3.8) is 0 Å². The average molecular weight is 330 g/mol. The number of nitrogens with zero attached hydrogens (tertiary/aromatic N) is 4. The molecule has 1 aliphatic rings. The van der Waals surface area contributed by atoms with Crippen molar-refractivity contribution in [3.8, 4) is 0 Å². The summed E-state index contributed by atoms with van der Waals surface area (Å²) in [6, 6.07) is 12.6. The Bertz CT molecular complexity index is 880. The standard InChI is InChI=1S/C21H22N4/c1-25-20(11-12-24-25)17-7-9-18(10-8-17)21-19(14-22-15-23-21)13-16-5-3-2-4-6-16/h2-7,11-12,14-15,18H,8-10,13H2,1H3. The second-order valence-electron chi connectivity index (χ2n) is 6.64. The van der Waals surface area contributed by atoms with Gasteiger partial charge in [-0.15, -0.1) is 0 Å². The van der Waals surface area contributed by atoms with E-state index >= 15 is 0 Å². The summed E-state index contributed by atoms with van der Waals surface area (Å²) in [6.07, 6.45) is 12.0. The third-order valence-electron chi connectivity index (χ3n) is 5.01. The molecule has 1 aliphatic carbocycles. The van der Waals surface area contributed by atoms with Crippen LogP contribution < -0.4 is 0 Å². The van der Waals surface area contributed by atoms with Gasteiger partial charge in [0.15, 0.2) is 0 Å². The maximum Gasteiger partial charge on any atom is 0.115 e. The molecule has 0 amide bonds. The molecule has 1 aromatic carbocycles. The molecule has 0 radical (unpaired) electrons. The molecule has 4 nitrogen and oxygen atoms in total. The smallest absolute Gasteiger partial charge is 0.115 e. The molecule has 4 heteroatoms. The summed E-state index contributed by atoms with van der Waals surface area (Å²) in [6.45, 7) is 0. The van der Waals surface area contributed by atoms with Crippen LogP contribution in [0.15, 0.2) is 61.2 Å². The van der Waals surface area contributed by atoms with Gasteiger partial charge in [-0.1, -0.05) is 36.4 Å². The first-order chi connectivity index (χ1) is 12.3. The van der Waals surface area contributed by atoms with Crippen LogP contribution in [-0.4, -0.2) is 19.7 Å². The molecule has 1 unspecified atom stereocenters. The van der Waals surface area contributed by atoms with Crippen LogP contribution in [0.3, 0.4) is 0 Å². The lowest BCUT2D eigenvalue weighted by Crippen LogP contribution is -2.11. The van der Waals surface area contributed by atoms with Crippen LogP contribution in [0.5, 0.6) is 0 Å². The molecule has 25 heavy (non-hydrogen) atoms. The van der Waals surface area contributed by atoms with Crippen molar-refractivity contribution in [2.75, 3.05) is 0 Å². The maximum atomic E-state index is 4.65. The minimum absolute atomic E-state index is 0.471. The number of aromatic nitrogens is 4. The third kappa shape index (κ3) is 3.38. The van der Waals surface area contributed by atoms with E-state index in [1.807, 2.05) is 24.1 Å². The number of allylic oxidation sites excluding steroid dienone is 2. The van der Waals surface area contributed by atoms with Gasteiger partial charge in [-0.3, -0.25) is 4.68 Å². The second kappa shape index (κ2) is 7.01. The topological polar surface area (TPSA) is 43.6 Å². The molecule has 0 bridgehead atoms. The van der Waals surface area contributed by atoms with E-state index in [0.29, 0.717) is 5.92 Å². The zero-order valence-electron chi connectivity index (χ0n) is 14.5. The molecule has 0 spiro atoms. The first kappa shape index (κ1) is 15.8. The summed E-state index contributed by atoms with van der Waals surface area (Å²) < 4.78 is 1.96. The fourth-order valence-corrected chi connectivity index (χ4v) is 3.69. The SMILES string of the molecule is Cn1nccc1C1=CCC(c2ncncc2Cc2ccccc2)CC1. The van der Waals surface area contributed by atoms with Gasteiger partial charge in [0.25, 0.3) is 0 Å². The predicted octanol–water partition coefficient (Wildman–Crippen LogP) is 4.15. The molecule has 0 saturated carbocycles. The van der Waals surface area contributed by atoms with Crippen LogP contribution in [0.25, 0.3) is 5.57 Å². The van der Waals surface area contributed by atoms with Gasteiger partial charge in [0.2, 0.25) is 0 Å².